The van der Waals surface area contributed by atoms with Gasteiger partial charge < -0.3 is 10.1 Å². The third-order valence-corrected chi connectivity index (χ3v) is 2.36. The van der Waals surface area contributed by atoms with Crippen LogP contribution in [-0.2, 0) is 0 Å². The number of hydrogen-bond donors (Lipinski definition) is 1. The van der Waals surface area contributed by atoms with Gasteiger partial charge in [0.25, 0.3) is 0 Å². The fourth-order valence-electron chi connectivity index (χ4n) is 1.20. The minimum absolute atomic E-state index is 0.178. The molecule has 1 N–H and O–H groups in total. The quantitative estimate of drug-likeness (QED) is 0.845. The second-order valence-corrected chi connectivity index (χ2v) is 5.63. The smallest absolute Gasteiger partial charge is 0.138 e. The third kappa shape index (κ3) is 6.08. The largest absolute Gasteiger partial charge is 0.492 e. The molecule has 0 atom stereocenters. The van der Waals surface area contributed by atoms with E-state index in [-0.39, 0.29) is 5.54 Å². The molecule has 0 aliphatic rings. The summed E-state index contributed by atoms with van der Waals surface area (Å²) in [5.74, 6) is 0.810. The number of ether oxygens (including phenoxy) is 1. The second-order valence-electron chi connectivity index (χ2n) is 4.72. The Morgan fingerprint density at radius 2 is 2.12 bits per heavy atom. The van der Waals surface area contributed by atoms with Crippen molar-refractivity contribution in [3.05, 3.63) is 22.9 Å². The minimum Gasteiger partial charge on any atom is -0.492 e. The molecule has 0 fully saturated rings. The first kappa shape index (κ1) is 13.5. The van der Waals surface area contributed by atoms with Gasteiger partial charge in [0, 0.05) is 16.2 Å². The van der Waals surface area contributed by atoms with E-state index in [0.717, 1.165) is 23.2 Å². The standard InChI is InChI=1S/C12H19BrN2O/c1-12(2,3)15-5-4-6-16-11-7-10(13)8-14-9-11/h7-9,15H,4-6H2,1-3H3. The van der Waals surface area contributed by atoms with Crippen molar-refractivity contribution in [2.75, 3.05) is 13.2 Å². The molecule has 3 nitrogen and oxygen atoms in total. The second kappa shape index (κ2) is 6.21. The summed E-state index contributed by atoms with van der Waals surface area (Å²) in [5, 5.41) is 3.41. The Bertz CT molecular complexity index is 323. The lowest BCUT2D eigenvalue weighted by atomic mass is 10.1. The van der Waals surface area contributed by atoms with Crippen LogP contribution in [0, 0.1) is 0 Å². The first-order valence-corrected chi connectivity index (χ1v) is 6.25. The topological polar surface area (TPSA) is 34.1 Å². The highest BCUT2D eigenvalue weighted by atomic mass is 79.9. The van der Waals surface area contributed by atoms with Crippen molar-refractivity contribution in [2.24, 2.45) is 0 Å². The Balaban J connectivity index is 2.17. The summed E-state index contributed by atoms with van der Waals surface area (Å²) in [6, 6.07) is 1.92. The molecule has 1 aromatic heterocycles. The molecule has 0 aliphatic heterocycles. The van der Waals surface area contributed by atoms with E-state index in [1.807, 2.05) is 6.07 Å². The third-order valence-electron chi connectivity index (χ3n) is 1.92. The maximum absolute atomic E-state index is 5.57. The lowest BCUT2D eigenvalue weighted by Crippen LogP contribution is -2.36. The van der Waals surface area contributed by atoms with Crippen LogP contribution in [0.3, 0.4) is 0 Å². The van der Waals surface area contributed by atoms with E-state index in [0.29, 0.717) is 6.61 Å². The van der Waals surface area contributed by atoms with E-state index in [2.05, 4.69) is 47.0 Å². The van der Waals surface area contributed by atoms with Crippen LogP contribution >= 0.6 is 15.9 Å². The highest BCUT2D eigenvalue weighted by Gasteiger charge is 2.07. The van der Waals surface area contributed by atoms with Crippen LogP contribution in [0.1, 0.15) is 27.2 Å². The summed E-state index contributed by atoms with van der Waals surface area (Å²) in [7, 11) is 0. The summed E-state index contributed by atoms with van der Waals surface area (Å²) in [6.07, 6.45) is 4.46. The summed E-state index contributed by atoms with van der Waals surface area (Å²) in [6.45, 7) is 8.15. The molecular weight excluding hydrogens is 268 g/mol. The monoisotopic (exact) mass is 286 g/mol. The van der Waals surface area contributed by atoms with Crippen molar-refractivity contribution in [3.63, 3.8) is 0 Å². The fraction of sp³-hybridized carbons (Fsp3) is 0.583. The van der Waals surface area contributed by atoms with E-state index in [4.69, 9.17) is 4.74 Å². The molecule has 4 heteroatoms. The highest BCUT2D eigenvalue weighted by Crippen LogP contribution is 2.15. The number of nitrogens with one attached hydrogen (secondary N) is 1. The Morgan fingerprint density at radius 1 is 1.38 bits per heavy atom. The van der Waals surface area contributed by atoms with Gasteiger partial charge in [0.1, 0.15) is 5.75 Å². The van der Waals surface area contributed by atoms with Crippen LogP contribution in [0.5, 0.6) is 5.75 Å². The molecule has 0 saturated heterocycles. The molecule has 1 heterocycles. The number of hydrogen-bond acceptors (Lipinski definition) is 3. The van der Waals surface area contributed by atoms with Gasteiger partial charge in [-0.2, -0.15) is 0 Å². The molecule has 0 aromatic carbocycles. The SMILES string of the molecule is CC(C)(C)NCCCOc1cncc(Br)c1. The lowest BCUT2D eigenvalue weighted by molar-refractivity contribution is 0.297. The molecule has 0 unspecified atom stereocenters. The van der Waals surface area contributed by atoms with E-state index >= 15 is 0 Å². The van der Waals surface area contributed by atoms with E-state index in [9.17, 15) is 0 Å². The summed E-state index contributed by atoms with van der Waals surface area (Å²) in [4.78, 5) is 4.03. The van der Waals surface area contributed by atoms with Gasteiger partial charge in [-0.3, -0.25) is 4.98 Å². The summed E-state index contributed by atoms with van der Waals surface area (Å²) < 4.78 is 6.51. The molecule has 0 radical (unpaired) electrons. The van der Waals surface area contributed by atoms with Gasteiger partial charge in [-0.1, -0.05) is 0 Å². The Hall–Kier alpha value is -0.610. The minimum atomic E-state index is 0.178. The van der Waals surface area contributed by atoms with Crippen molar-refractivity contribution in [1.29, 1.82) is 0 Å². The Morgan fingerprint density at radius 3 is 2.75 bits per heavy atom. The molecule has 1 aromatic rings. The fourth-order valence-corrected chi connectivity index (χ4v) is 1.54. The van der Waals surface area contributed by atoms with E-state index in [1.165, 1.54) is 0 Å². The normalized spacial score (nSPS) is 11.5. The van der Waals surface area contributed by atoms with Crippen molar-refractivity contribution < 1.29 is 4.74 Å². The van der Waals surface area contributed by atoms with E-state index in [1.54, 1.807) is 12.4 Å². The maximum atomic E-state index is 5.57. The number of halogens is 1. The average molecular weight is 287 g/mol. The van der Waals surface area contributed by atoms with Crippen LogP contribution in [0.4, 0.5) is 0 Å². The van der Waals surface area contributed by atoms with Crippen LogP contribution in [0.15, 0.2) is 22.9 Å². The highest BCUT2D eigenvalue weighted by molar-refractivity contribution is 9.10. The van der Waals surface area contributed by atoms with Gasteiger partial charge >= 0.3 is 0 Å². The van der Waals surface area contributed by atoms with Gasteiger partial charge in [-0.05, 0) is 55.7 Å². The zero-order valence-corrected chi connectivity index (χ0v) is 11.7. The van der Waals surface area contributed by atoms with Crippen LogP contribution in [-0.4, -0.2) is 23.7 Å². The van der Waals surface area contributed by atoms with Gasteiger partial charge in [-0.15, -0.1) is 0 Å². The van der Waals surface area contributed by atoms with Crippen molar-refractivity contribution in [3.8, 4) is 5.75 Å². The molecule has 16 heavy (non-hydrogen) atoms. The molecule has 0 aliphatic carbocycles. The van der Waals surface area contributed by atoms with Crippen LogP contribution in [0.25, 0.3) is 0 Å². The van der Waals surface area contributed by atoms with Crippen LogP contribution in [0.2, 0.25) is 0 Å². The molecule has 0 spiro atoms. The van der Waals surface area contributed by atoms with Crippen molar-refractivity contribution in [1.82, 2.24) is 10.3 Å². The number of pyridine rings is 1. The molecule has 0 bridgehead atoms. The molecule has 0 saturated carbocycles. The van der Waals surface area contributed by atoms with Crippen LogP contribution < -0.4 is 10.1 Å². The van der Waals surface area contributed by atoms with Gasteiger partial charge in [0.2, 0.25) is 0 Å². The zero-order chi connectivity index (χ0) is 12.0. The Labute approximate surface area is 106 Å². The average Bonchev–Trinajstić information content (AvgIpc) is 2.15. The summed E-state index contributed by atoms with van der Waals surface area (Å²) in [5.41, 5.74) is 0.178. The van der Waals surface area contributed by atoms with Gasteiger partial charge in [-0.25, -0.2) is 0 Å². The van der Waals surface area contributed by atoms with E-state index < -0.39 is 0 Å². The zero-order valence-electron chi connectivity index (χ0n) is 10.1. The molecular formula is C12H19BrN2O. The predicted molar refractivity (Wildman–Crippen MR) is 69.8 cm³/mol. The van der Waals surface area contributed by atoms with Gasteiger partial charge in [0.05, 0.1) is 12.8 Å². The summed E-state index contributed by atoms with van der Waals surface area (Å²) >= 11 is 3.36. The first-order chi connectivity index (χ1) is 7.47. The molecule has 1 rings (SSSR count). The number of aromatic nitrogens is 1. The number of rotatable bonds is 5. The van der Waals surface area contributed by atoms with Crippen molar-refractivity contribution in [2.45, 2.75) is 32.7 Å². The maximum Gasteiger partial charge on any atom is 0.138 e. The predicted octanol–water partition coefficient (Wildman–Crippen LogP) is 3.00. The Kier molecular flexibility index (Phi) is 5.22. The molecule has 0 amide bonds. The molecule has 90 valence electrons. The first-order valence-electron chi connectivity index (χ1n) is 5.46. The lowest BCUT2D eigenvalue weighted by Gasteiger charge is -2.20. The van der Waals surface area contributed by atoms with Gasteiger partial charge in [0.15, 0.2) is 0 Å². The number of nitrogens with zero attached hydrogens (tertiary/aromatic N) is 1. The van der Waals surface area contributed by atoms with Crippen molar-refractivity contribution >= 4 is 15.9 Å².